The molecule has 0 saturated heterocycles. The molecule has 0 fully saturated rings. The SMILES string of the molecule is COc1ccc(CNC(=O)c2cc3n(n2)[C@@H](C(F)(F)F)C[C@@H](c2ccc(OC)c(OC)c2)N3)cc1. The third kappa shape index (κ3) is 5.13. The first-order chi connectivity index (χ1) is 16.7. The molecule has 0 spiro atoms. The summed E-state index contributed by atoms with van der Waals surface area (Å²) in [5.41, 5.74) is 1.29. The van der Waals surface area contributed by atoms with Gasteiger partial charge in [0.15, 0.2) is 23.2 Å². The van der Waals surface area contributed by atoms with Gasteiger partial charge in [-0.3, -0.25) is 4.79 Å². The van der Waals surface area contributed by atoms with Crippen molar-refractivity contribution in [3.63, 3.8) is 0 Å². The Morgan fingerprint density at radius 1 is 1.06 bits per heavy atom. The number of hydrogen-bond donors (Lipinski definition) is 2. The predicted molar refractivity (Wildman–Crippen MR) is 122 cm³/mol. The summed E-state index contributed by atoms with van der Waals surface area (Å²) in [7, 11) is 4.49. The molecule has 3 aromatic rings. The molecule has 0 radical (unpaired) electrons. The molecule has 2 heterocycles. The van der Waals surface area contributed by atoms with Crippen LogP contribution in [0.15, 0.2) is 48.5 Å². The summed E-state index contributed by atoms with van der Waals surface area (Å²) in [6.07, 6.45) is -4.87. The third-order valence-electron chi connectivity index (χ3n) is 5.84. The smallest absolute Gasteiger partial charge is 0.410 e. The van der Waals surface area contributed by atoms with Crippen LogP contribution in [0.4, 0.5) is 19.0 Å². The van der Waals surface area contributed by atoms with E-state index in [1.807, 2.05) is 0 Å². The number of benzene rings is 2. The van der Waals surface area contributed by atoms with Crippen LogP contribution in [0.1, 0.15) is 40.1 Å². The van der Waals surface area contributed by atoms with E-state index in [1.54, 1.807) is 49.6 Å². The van der Waals surface area contributed by atoms with Gasteiger partial charge in [0.2, 0.25) is 0 Å². The zero-order valence-electron chi connectivity index (χ0n) is 19.3. The fraction of sp³-hybridized carbons (Fsp3) is 0.333. The summed E-state index contributed by atoms with van der Waals surface area (Å²) in [4.78, 5) is 12.7. The molecule has 2 N–H and O–H groups in total. The Morgan fingerprint density at radius 2 is 1.77 bits per heavy atom. The number of anilines is 1. The van der Waals surface area contributed by atoms with E-state index in [9.17, 15) is 18.0 Å². The average molecular weight is 490 g/mol. The molecule has 0 bridgehead atoms. The highest BCUT2D eigenvalue weighted by molar-refractivity contribution is 5.93. The van der Waals surface area contributed by atoms with E-state index in [2.05, 4.69) is 15.7 Å². The van der Waals surface area contributed by atoms with Crippen LogP contribution in [-0.4, -0.2) is 43.2 Å². The van der Waals surface area contributed by atoms with Crippen molar-refractivity contribution in [3.8, 4) is 17.2 Å². The Balaban J connectivity index is 1.56. The van der Waals surface area contributed by atoms with Crippen molar-refractivity contribution < 1.29 is 32.2 Å². The molecule has 186 valence electrons. The molecule has 4 rings (SSSR count). The molecule has 2 aromatic carbocycles. The molecule has 11 heteroatoms. The quantitative estimate of drug-likeness (QED) is 0.507. The fourth-order valence-corrected chi connectivity index (χ4v) is 3.99. The number of methoxy groups -OCH3 is 3. The Morgan fingerprint density at radius 3 is 2.40 bits per heavy atom. The molecule has 1 aliphatic rings. The van der Waals surface area contributed by atoms with Gasteiger partial charge < -0.3 is 24.8 Å². The Bertz CT molecular complexity index is 1190. The van der Waals surface area contributed by atoms with E-state index in [4.69, 9.17) is 14.2 Å². The van der Waals surface area contributed by atoms with Crippen LogP contribution in [0.25, 0.3) is 0 Å². The van der Waals surface area contributed by atoms with E-state index < -0.39 is 24.2 Å². The number of aromatic nitrogens is 2. The van der Waals surface area contributed by atoms with Crippen LogP contribution >= 0.6 is 0 Å². The van der Waals surface area contributed by atoms with Gasteiger partial charge in [-0.25, -0.2) is 4.68 Å². The predicted octanol–water partition coefficient (Wildman–Crippen LogP) is 4.50. The molecular weight excluding hydrogens is 465 g/mol. The largest absolute Gasteiger partial charge is 0.497 e. The number of rotatable bonds is 7. The van der Waals surface area contributed by atoms with E-state index in [1.165, 1.54) is 20.3 Å². The number of amides is 1. The molecule has 2 atom stereocenters. The molecule has 8 nitrogen and oxygen atoms in total. The number of hydrogen-bond acceptors (Lipinski definition) is 6. The van der Waals surface area contributed by atoms with Gasteiger partial charge >= 0.3 is 6.18 Å². The lowest BCUT2D eigenvalue weighted by Crippen LogP contribution is -2.35. The van der Waals surface area contributed by atoms with E-state index in [0.29, 0.717) is 22.8 Å². The van der Waals surface area contributed by atoms with Gasteiger partial charge in [0.1, 0.15) is 11.6 Å². The summed E-state index contributed by atoms with van der Waals surface area (Å²) in [5.74, 6) is 1.09. The molecule has 0 saturated carbocycles. The second-order valence-corrected chi connectivity index (χ2v) is 7.99. The van der Waals surface area contributed by atoms with Crippen LogP contribution in [-0.2, 0) is 6.54 Å². The number of fused-ring (bicyclic) bond motifs is 1. The summed E-state index contributed by atoms with van der Waals surface area (Å²) in [6, 6.07) is 10.8. The molecule has 1 amide bonds. The van der Waals surface area contributed by atoms with Crippen LogP contribution in [0, 0.1) is 0 Å². The number of alkyl halides is 3. The average Bonchev–Trinajstić information content (AvgIpc) is 3.30. The van der Waals surface area contributed by atoms with Crippen LogP contribution in [0.2, 0.25) is 0 Å². The summed E-state index contributed by atoms with van der Waals surface area (Å²) in [6.45, 7) is 0.190. The van der Waals surface area contributed by atoms with Gasteiger partial charge in [-0.1, -0.05) is 18.2 Å². The van der Waals surface area contributed by atoms with Crippen LogP contribution in [0.5, 0.6) is 17.2 Å². The maximum atomic E-state index is 14.0. The number of carbonyl (C=O) groups excluding carboxylic acids is 1. The van der Waals surface area contributed by atoms with Crippen molar-refractivity contribution in [2.24, 2.45) is 0 Å². The molecule has 35 heavy (non-hydrogen) atoms. The lowest BCUT2D eigenvalue weighted by Gasteiger charge is -2.33. The van der Waals surface area contributed by atoms with Gasteiger partial charge in [0.05, 0.1) is 27.4 Å². The number of nitrogens with one attached hydrogen (secondary N) is 2. The van der Waals surface area contributed by atoms with Gasteiger partial charge in [0, 0.05) is 19.0 Å². The number of ether oxygens (including phenoxy) is 3. The van der Waals surface area contributed by atoms with Crippen molar-refractivity contribution in [1.82, 2.24) is 15.1 Å². The normalized spacial score (nSPS) is 17.2. The number of carbonyl (C=O) groups is 1. The maximum absolute atomic E-state index is 14.0. The van der Waals surface area contributed by atoms with Crippen molar-refractivity contribution >= 4 is 11.7 Å². The van der Waals surface area contributed by atoms with Crippen LogP contribution in [0.3, 0.4) is 0 Å². The van der Waals surface area contributed by atoms with Gasteiger partial charge in [-0.2, -0.15) is 18.3 Å². The monoisotopic (exact) mass is 490 g/mol. The summed E-state index contributed by atoms with van der Waals surface area (Å²) >= 11 is 0. The highest BCUT2D eigenvalue weighted by Crippen LogP contribution is 2.44. The van der Waals surface area contributed by atoms with Gasteiger partial charge in [0.25, 0.3) is 5.91 Å². The lowest BCUT2D eigenvalue weighted by molar-refractivity contribution is -0.173. The minimum atomic E-state index is -4.56. The maximum Gasteiger partial charge on any atom is 0.410 e. The van der Waals surface area contributed by atoms with E-state index >= 15 is 0 Å². The van der Waals surface area contributed by atoms with Crippen molar-refractivity contribution in [2.45, 2.75) is 31.2 Å². The molecule has 0 aliphatic carbocycles. The van der Waals surface area contributed by atoms with Crippen molar-refractivity contribution in [2.75, 3.05) is 26.6 Å². The molecule has 1 aromatic heterocycles. The van der Waals surface area contributed by atoms with E-state index in [0.717, 1.165) is 10.2 Å². The van der Waals surface area contributed by atoms with Crippen molar-refractivity contribution in [1.29, 1.82) is 0 Å². The minimum Gasteiger partial charge on any atom is -0.497 e. The summed E-state index contributed by atoms with van der Waals surface area (Å²) in [5, 5.41) is 9.75. The van der Waals surface area contributed by atoms with Crippen LogP contribution < -0.4 is 24.8 Å². The first kappa shape index (κ1) is 24.2. The van der Waals surface area contributed by atoms with Gasteiger partial charge in [-0.15, -0.1) is 0 Å². The lowest BCUT2D eigenvalue weighted by atomic mass is 9.96. The second kappa shape index (κ2) is 9.77. The number of nitrogens with zero attached hydrogens (tertiary/aromatic N) is 2. The third-order valence-corrected chi connectivity index (χ3v) is 5.84. The Kier molecular flexibility index (Phi) is 6.77. The Labute approximate surface area is 200 Å². The topological polar surface area (TPSA) is 86.6 Å². The first-order valence-corrected chi connectivity index (χ1v) is 10.8. The zero-order chi connectivity index (χ0) is 25.2. The van der Waals surface area contributed by atoms with E-state index in [-0.39, 0.29) is 24.5 Å². The number of halogens is 3. The minimum absolute atomic E-state index is 0.105. The zero-order valence-corrected chi connectivity index (χ0v) is 19.3. The molecule has 0 unspecified atom stereocenters. The first-order valence-electron chi connectivity index (χ1n) is 10.8. The van der Waals surface area contributed by atoms with Gasteiger partial charge in [-0.05, 0) is 35.4 Å². The molecule has 1 aliphatic heterocycles. The Hall–Kier alpha value is -3.89. The highest BCUT2D eigenvalue weighted by Gasteiger charge is 2.47. The molecular formula is C24H25F3N4O4. The standard InChI is InChI=1S/C24H25F3N4O4/c1-33-16-7-4-14(5-8-16)13-28-23(32)18-12-22-29-17(11-21(24(25,26)27)31(22)30-18)15-6-9-19(34-2)20(10-15)35-3/h4-10,12,17,21,29H,11,13H2,1-3H3,(H,28,32)/t17-,21+/m0/s1. The second-order valence-electron chi connectivity index (χ2n) is 7.99. The summed E-state index contributed by atoms with van der Waals surface area (Å²) < 4.78 is 58.4. The van der Waals surface area contributed by atoms with Crippen molar-refractivity contribution in [3.05, 3.63) is 65.4 Å². The highest BCUT2D eigenvalue weighted by atomic mass is 19.4. The fourth-order valence-electron chi connectivity index (χ4n) is 3.99.